The number of benzene rings is 1. The van der Waals surface area contributed by atoms with Crippen molar-refractivity contribution >= 4 is 24.0 Å². The molecule has 1 heterocycles. The zero-order chi connectivity index (χ0) is 21.7. The predicted molar refractivity (Wildman–Crippen MR) is 118 cm³/mol. The summed E-state index contributed by atoms with van der Waals surface area (Å²) < 4.78 is 19.6. The number of thiocarbonyl (C=S) groups is 1. The molecule has 1 aliphatic heterocycles. The Hall–Kier alpha value is -1.93. The van der Waals surface area contributed by atoms with Crippen molar-refractivity contribution in [2.45, 2.75) is 31.4 Å². The molecule has 3 atom stereocenters. The molecule has 0 amide bonds. The summed E-state index contributed by atoms with van der Waals surface area (Å²) in [6, 6.07) is 6.65. The molecule has 3 N–H and O–H groups in total. The molecule has 160 valence electrons. The average Bonchev–Trinajstić information content (AvgIpc) is 3.11. The third kappa shape index (κ3) is 6.54. The van der Waals surface area contributed by atoms with E-state index in [1.165, 1.54) is 11.6 Å². The molecule has 1 aromatic carbocycles. The number of rotatable bonds is 5. The molecule has 29 heavy (non-hydrogen) atoms. The molecule has 3 unspecified atom stereocenters. The summed E-state index contributed by atoms with van der Waals surface area (Å²) in [5.41, 5.74) is 2.18. The van der Waals surface area contributed by atoms with Crippen molar-refractivity contribution in [1.82, 2.24) is 10.6 Å². The molecule has 0 aromatic heterocycles. The van der Waals surface area contributed by atoms with Gasteiger partial charge in [0.1, 0.15) is 12.1 Å². The number of carbonyl (C=O) groups is 1. The van der Waals surface area contributed by atoms with Gasteiger partial charge in [-0.3, -0.25) is 4.79 Å². The van der Waals surface area contributed by atoms with Crippen molar-refractivity contribution in [1.29, 1.82) is 0 Å². The molecule has 0 spiro atoms. The van der Waals surface area contributed by atoms with Crippen LogP contribution in [-0.2, 0) is 15.1 Å². The minimum atomic E-state index is -0.653. The van der Waals surface area contributed by atoms with Crippen LogP contribution in [0.15, 0.2) is 48.1 Å². The Labute approximate surface area is 178 Å². The Morgan fingerprint density at radius 3 is 2.48 bits per heavy atom. The second-order valence-corrected chi connectivity index (χ2v) is 6.90. The first kappa shape index (κ1) is 25.1. The number of aliphatic hydroxyl groups excluding tert-OH is 1. The van der Waals surface area contributed by atoms with Crippen LogP contribution in [0.1, 0.15) is 25.3 Å². The molecule has 3 rings (SSSR count). The topological polar surface area (TPSA) is 70.6 Å². The molecule has 1 aromatic rings. The van der Waals surface area contributed by atoms with Crippen LogP contribution in [0.5, 0.6) is 0 Å². The lowest BCUT2D eigenvalue weighted by Gasteiger charge is -2.37. The van der Waals surface area contributed by atoms with Crippen molar-refractivity contribution in [3.8, 4) is 0 Å². The van der Waals surface area contributed by atoms with Gasteiger partial charge in [0.05, 0.1) is 30.3 Å². The van der Waals surface area contributed by atoms with Gasteiger partial charge >= 0.3 is 0 Å². The first-order chi connectivity index (χ1) is 14.0. The van der Waals surface area contributed by atoms with Crippen LogP contribution in [-0.4, -0.2) is 50.3 Å². The van der Waals surface area contributed by atoms with E-state index in [4.69, 9.17) is 4.74 Å². The van der Waals surface area contributed by atoms with Crippen LogP contribution in [0.3, 0.4) is 0 Å². The van der Waals surface area contributed by atoms with Gasteiger partial charge < -0.3 is 20.5 Å². The van der Waals surface area contributed by atoms with E-state index >= 15 is 0 Å². The maximum atomic E-state index is 14.0. The highest BCUT2D eigenvalue weighted by Gasteiger charge is 2.50. The van der Waals surface area contributed by atoms with Gasteiger partial charge in [-0.25, -0.2) is 4.39 Å². The van der Waals surface area contributed by atoms with Crippen LogP contribution in [0.2, 0.25) is 0 Å². The van der Waals surface area contributed by atoms with Gasteiger partial charge in [0, 0.05) is 24.1 Å². The average molecular weight is 423 g/mol. The monoisotopic (exact) mass is 422 g/mol. The molecule has 1 saturated heterocycles. The van der Waals surface area contributed by atoms with Gasteiger partial charge in [-0.15, -0.1) is 0 Å². The summed E-state index contributed by atoms with van der Waals surface area (Å²) in [7, 11) is 3.55. The summed E-state index contributed by atoms with van der Waals surface area (Å²) in [6.07, 6.45) is 8.63. The molecule has 7 heteroatoms. The SMILES string of the molecule is CNC1(c2ccccc2F)C(CO)COC1C.CNC=S.O=CC1=CCCC=C1. The summed E-state index contributed by atoms with van der Waals surface area (Å²) in [5.74, 6) is -0.406. The summed E-state index contributed by atoms with van der Waals surface area (Å²) in [4.78, 5) is 10.0. The number of aldehydes is 1. The Morgan fingerprint density at radius 1 is 1.34 bits per heavy atom. The molecule has 0 saturated carbocycles. The second-order valence-electron chi connectivity index (χ2n) is 6.66. The molecule has 0 bridgehead atoms. The third-order valence-corrected chi connectivity index (χ3v) is 5.30. The molecule has 2 aliphatic rings. The van der Waals surface area contributed by atoms with Gasteiger partial charge in [-0.1, -0.05) is 48.6 Å². The van der Waals surface area contributed by atoms with E-state index in [0.29, 0.717) is 12.2 Å². The van der Waals surface area contributed by atoms with Crippen LogP contribution in [0.4, 0.5) is 4.39 Å². The predicted octanol–water partition coefficient (Wildman–Crippen LogP) is 2.89. The van der Waals surface area contributed by atoms with Crippen molar-refractivity contribution in [3.05, 3.63) is 59.4 Å². The van der Waals surface area contributed by atoms with Gasteiger partial charge in [0.15, 0.2) is 0 Å². The number of likely N-dealkylation sites (N-methyl/N-ethyl adjacent to an activating group) is 1. The molecule has 1 fully saturated rings. The third-order valence-electron chi connectivity index (χ3n) is 5.06. The highest BCUT2D eigenvalue weighted by atomic mass is 32.1. The lowest BCUT2D eigenvalue weighted by Crippen LogP contribution is -2.52. The van der Waals surface area contributed by atoms with E-state index in [2.05, 4.69) is 22.9 Å². The number of halogens is 1. The van der Waals surface area contributed by atoms with Crippen molar-refractivity contribution in [2.24, 2.45) is 5.92 Å². The van der Waals surface area contributed by atoms with E-state index < -0.39 is 5.54 Å². The lowest BCUT2D eigenvalue weighted by molar-refractivity contribution is -0.104. The van der Waals surface area contributed by atoms with Crippen molar-refractivity contribution in [3.63, 3.8) is 0 Å². The van der Waals surface area contributed by atoms with E-state index in [1.807, 2.05) is 25.2 Å². The molecule has 0 radical (unpaired) electrons. The Bertz CT molecular complexity index is 711. The molecule has 5 nitrogen and oxygen atoms in total. The van der Waals surface area contributed by atoms with Gasteiger partial charge in [0.2, 0.25) is 0 Å². The Balaban J connectivity index is 0.000000290. The van der Waals surface area contributed by atoms with Crippen molar-refractivity contribution < 1.29 is 19.0 Å². The standard InChI is InChI=1S/C13H18FNO2.C7H8O.C2H5NS/c1-9-13(15-2,10(7-16)8-17-9)11-5-3-4-6-12(11)14;8-6-7-4-2-1-3-5-7;1-3-2-4/h3-6,9-10,15-16H,7-8H2,1-2H3;2,4-6H,1,3H2;2H,1H3,(H,3,4). The Kier molecular flexibility index (Phi) is 11.5. The fourth-order valence-electron chi connectivity index (χ4n) is 3.55. The van der Waals surface area contributed by atoms with E-state index in [1.54, 1.807) is 32.3 Å². The number of nitrogens with one attached hydrogen (secondary N) is 2. The van der Waals surface area contributed by atoms with Crippen LogP contribution in [0.25, 0.3) is 0 Å². The first-order valence-electron chi connectivity index (χ1n) is 9.60. The number of aliphatic hydroxyl groups is 1. The normalized spacial score (nSPS) is 24.9. The second kappa shape index (κ2) is 13.3. The zero-order valence-electron chi connectivity index (χ0n) is 17.2. The number of allylic oxidation sites excluding steroid dienone is 4. The molecule has 1 aliphatic carbocycles. The number of hydrogen-bond acceptors (Lipinski definition) is 5. The summed E-state index contributed by atoms with van der Waals surface area (Å²) in [5, 5.41) is 15.2. The van der Waals surface area contributed by atoms with Crippen LogP contribution in [0, 0.1) is 11.7 Å². The van der Waals surface area contributed by atoms with Crippen molar-refractivity contribution in [2.75, 3.05) is 27.3 Å². The number of hydrogen-bond donors (Lipinski definition) is 3. The smallest absolute Gasteiger partial charge is 0.149 e. The maximum absolute atomic E-state index is 14.0. The number of ether oxygens (including phenoxy) is 1. The molecular formula is C22H31FN2O3S. The zero-order valence-corrected chi connectivity index (χ0v) is 18.0. The lowest BCUT2D eigenvalue weighted by atomic mass is 9.76. The summed E-state index contributed by atoms with van der Waals surface area (Å²) >= 11 is 4.32. The minimum Gasteiger partial charge on any atom is -0.396 e. The molecular weight excluding hydrogens is 391 g/mol. The van der Waals surface area contributed by atoms with E-state index in [-0.39, 0.29) is 24.4 Å². The maximum Gasteiger partial charge on any atom is 0.149 e. The van der Waals surface area contributed by atoms with Gasteiger partial charge in [0.25, 0.3) is 0 Å². The fourth-order valence-corrected chi connectivity index (χ4v) is 3.55. The highest BCUT2D eigenvalue weighted by Crippen LogP contribution is 2.41. The van der Waals surface area contributed by atoms with Gasteiger partial charge in [-0.05, 0) is 32.9 Å². The Morgan fingerprint density at radius 2 is 2.03 bits per heavy atom. The fraction of sp³-hybridized carbons (Fsp3) is 0.455. The van der Waals surface area contributed by atoms with Crippen LogP contribution >= 0.6 is 12.2 Å². The minimum absolute atomic E-state index is 0.0283. The van der Waals surface area contributed by atoms with Gasteiger partial charge in [-0.2, -0.15) is 0 Å². The van der Waals surface area contributed by atoms with E-state index in [0.717, 1.165) is 24.7 Å². The van der Waals surface area contributed by atoms with Crippen LogP contribution < -0.4 is 10.6 Å². The summed E-state index contributed by atoms with van der Waals surface area (Å²) in [6.45, 7) is 2.31. The highest BCUT2D eigenvalue weighted by molar-refractivity contribution is 7.78. The first-order valence-corrected chi connectivity index (χ1v) is 10.1. The number of carbonyl (C=O) groups excluding carboxylic acids is 1. The largest absolute Gasteiger partial charge is 0.396 e. The van der Waals surface area contributed by atoms with E-state index in [9.17, 15) is 14.3 Å². The quantitative estimate of drug-likeness (QED) is 0.501.